The fraction of sp³-hybridized carbons (Fsp3) is 0.167. The number of anilines is 2. The number of methoxy groups -OCH3 is 1. The molecule has 34 heavy (non-hydrogen) atoms. The van der Waals surface area contributed by atoms with Gasteiger partial charge in [-0.25, -0.2) is 9.96 Å². The van der Waals surface area contributed by atoms with E-state index in [1.807, 2.05) is 0 Å². The summed E-state index contributed by atoms with van der Waals surface area (Å²) in [5, 5.41) is 12.7. The van der Waals surface area contributed by atoms with Gasteiger partial charge in [0, 0.05) is 5.02 Å². The highest BCUT2D eigenvalue weighted by Gasteiger charge is 2.60. The summed E-state index contributed by atoms with van der Waals surface area (Å²) in [4.78, 5) is 34.2. The lowest BCUT2D eigenvalue weighted by atomic mass is 9.90. The van der Waals surface area contributed by atoms with Crippen LogP contribution in [0.1, 0.15) is 11.6 Å². The van der Waals surface area contributed by atoms with Crippen LogP contribution in [0.15, 0.2) is 60.7 Å². The molecule has 0 aromatic heterocycles. The molecule has 0 unspecified atom stereocenters. The Labute approximate surface area is 209 Å². The van der Waals surface area contributed by atoms with Gasteiger partial charge in [0.1, 0.15) is 5.92 Å². The van der Waals surface area contributed by atoms with E-state index >= 15 is 0 Å². The molecule has 7 nitrogen and oxygen atoms in total. The Kier molecular flexibility index (Phi) is 5.81. The van der Waals surface area contributed by atoms with E-state index in [0.29, 0.717) is 27.0 Å². The van der Waals surface area contributed by atoms with Crippen LogP contribution in [0, 0.1) is 5.92 Å². The summed E-state index contributed by atoms with van der Waals surface area (Å²) in [5.74, 6) is -1.64. The van der Waals surface area contributed by atoms with Gasteiger partial charge in [-0.05, 0) is 60.2 Å². The zero-order chi connectivity index (χ0) is 24.1. The van der Waals surface area contributed by atoms with Crippen molar-refractivity contribution >= 4 is 58.0 Å². The maximum absolute atomic E-state index is 13.7. The summed E-state index contributed by atoms with van der Waals surface area (Å²) in [6, 6.07) is 15.5. The molecule has 2 amide bonds. The molecular weight excluding hydrogens is 503 g/mol. The Morgan fingerprint density at radius 3 is 2.26 bits per heavy atom. The number of rotatable bonds is 4. The van der Waals surface area contributed by atoms with Crippen molar-refractivity contribution in [3.05, 3.63) is 81.3 Å². The zero-order valence-electron chi connectivity index (χ0n) is 17.6. The van der Waals surface area contributed by atoms with Crippen molar-refractivity contribution in [3.8, 4) is 11.5 Å². The third kappa shape index (κ3) is 3.65. The average molecular weight is 520 g/mol. The van der Waals surface area contributed by atoms with Crippen LogP contribution in [0.4, 0.5) is 11.4 Å². The van der Waals surface area contributed by atoms with E-state index in [-0.39, 0.29) is 16.5 Å². The molecule has 5 rings (SSSR count). The lowest BCUT2D eigenvalue weighted by molar-refractivity contribution is -0.126. The van der Waals surface area contributed by atoms with Crippen molar-refractivity contribution in [3.63, 3.8) is 0 Å². The molecule has 2 fully saturated rings. The second-order valence-corrected chi connectivity index (χ2v) is 9.09. The Hall–Kier alpha value is -2.97. The van der Waals surface area contributed by atoms with Crippen molar-refractivity contribution in [2.24, 2.45) is 5.92 Å². The summed E-state index contributed by atoms with van der Waals surface area (Å²) in [7, 11) is 1.43. The van der Waals surface area contributed by atoms with E-state index in [1.165, 1.54) is 30.4 Å². The zero-order valence-corrected chi connectivity index (χ0v) is 19.9. The van der Waals surface area contributed by atoms with E-state index in [4.69, 9.17) is 44.4 Å². The fourth-order valence-corrected chi connectivity index (χ4v) is 4.74. The highest BCUT2D eigenvalue weighted by Crippen LogP contribution is 2.49. The second kappa shape index (κ2) is 8.67. The molecule has 3 atom stereocenters. The molecule has 10 heteroatoms. The minimum Gasteiger partial charge on any atom is -0.504 e. The number of carbonyl (C=O) groups is 2. The number of phenols is 1. The van der Waals surface area contributed by atoms with Crippen molar-refractivity contribution in [1.29, 1.82) is 0 Å². The molecule has 0 bridgehead atoms. The van der Waals surface area contributed by atoms with Gasteiger partial charge in [-0.3, -0.25) is 14.4 Å². The number of fused-ring (bicyclic) bond motifs is 1. The third-order valence-corrected chi connectivity index (χ3v) is 6.89. The van der Waals surface area contributed by atoms with Crippen molar-refractivity contribution in [1.82, 2.24) is 0 Å². The first-order valence-corrected chi connectivity index (χ1v) is 11.3. The van der Waals surface area contributed by atoms with Crippen LogP contribution in [-0.2, 0) is 14.4 Å². The summed E-state index contributed by atoms with van der Waals surface area (Å²) < 4.78 is 5.26. The predicted octanol–water partition coefficient (Wildman–Crippen LogP) is 5.41. The monoisotopic (exact) mass is 518 g/mol. The minimum atomic E-state index is -1.07. The van der Waals surface area contributed by atoms with E-state index in [2.05, 4.69) is 0 Å². The molecule has 2 heterocycles. The topological polar surface area (TPSA) is 79.3 Å². The number of amides is 2. The molecule has 3 aromatic carbocycles. The van der Waals surface area contributed by atoms with Crippen molar-refractivity contribution < 1.29 is 24.3 Å². The molecule has 3 aromatic rings. The summed E-state index contributed by atoms with van der Waals surface area (Å²) >= 11 is 18.2. The van der Waals surface area contributed by atoms with Crippen LogP contribution >= 0.6 is 34.8 Å². The van der Waals surface area contributed by atoms with Crippen LogP contribution in [0.25, 0.3) is 0 Å². The normalized spacial score (nSPS) is 21.8. The lowest BCUT2D eigenvalue weighted by Gasteiger charge is -2.29. The number of hydroxylamine groups is 1. The van der Waals surface area contributed by atoms with Crippen LogP contribution < -0.4 is 14.7 Å². The molecule has 2 aliphatic rings. The Morgan fingerprint density at radius 2 is 1.59 bits per heavy atom. The molecule has 2 saturated heterocycles. The molecule has 1 N–H and O–H groups in total. The molecule has 174 valence electrons. The Balaban J connectivity index is 1.60. The number of nitrogens with zero attached hydrogens (tertiary/aromatic N) is 2. The number of benzene rings is 3. The minimum absolute atomic E-state index is 0.0500. The van der Waals surface area contributed by atoms with Gasteiger partial charge in [-0.2, -0.15) is 0 Å². The Morgan fingerprint density at radius 1 is 0.882 bits per heavy atom. The van der Waals surface area contributed by atoms with Gasteiger partial charge in [0.15, 0.2) is 17.6 Å². The van der Waals surface area contributed by atoms with Gasteiger partial charge in [0.25, 0.3) is 5.91 Å². The number of ether oxygens (including phenoxy) is 1. The standard InChI is InChI=1S/C24H17Cl3N2O5/c1-33-19-10-12(2-9-18(19)30)21-20-22(34-29(21)14-5-3-13(25)4-6-14)24(32)28(23(20)31)15-7-8-16(26)17(27)11-15/h2-11,20-22,30H,1H3/t20-,21+,22-/m1/s1. The first-order chi connectivity index (χ1) is 16.3. The van der Waals surface area contributed by atoms with Crippen LogP contribution in [-0.4, -0.2) is 30.1 Å². The number of hydrogen-bond donors (Lipinski definition) is 1. The average Bonchev–Trinajstić information content (AvgIpc) is 3.33. The highest BCUT2D eigenvalue weighted by atomic mass is 35.5. The third-order valence-electron chi connectivity index (χ3n) is 5.90. The summed E-state index contributed by atoms with van der Waals surface area (Å²) in [6.45, 7) is 0. The van der Waals surface area contributed by atoms with Crippen LogP contribution in [0.5, 0.6) is 11.5 Å². The molecule has 2 aliphatic heterocycles. The first kappa shape index (κ1) is 22.8. The number of halogens is 3. The lowest BCUT2D eigenvalue weighted by Crippen LogP contribution is -2.37. The maximum atomic E-state index is 13.7. The van der Waals surface area contributed by atoms with Gasteiger partial charge in [-0.15, -0.1) is 0 Å². The Bertz CT molecular complexity index is 1300. The number of hydrogen-bond acceptors (Lipinski definition) is 6. The first-order valence-electron chi connectivity index (χ1n) is 10.2. The summed E-state index contributed by atoms with van der Waals surface area (Å²) in [6.07, 6.45) is -1.07. The summed E-state index contributed by atoms with van der Waals surface area (Å²) in [5.41, 5.74) is 1.54. The van der Waals surface area contributed by atoms with Crippen LogP contribution in [0.2, 0.25) is 15.1 Å². The number of imide groups is 1. The van der Waals surface area contributed by atoms with Gasteiger partial charge in [-0.1, -0.05) is 40.9 Å². The maximum Gasteiger partial charge on any atom is 0.266 e. The van der Waals surface area contributed by atoms with Crippen molar-refractivity contribution in [2.45, 2.75) is 12.1 Å². The molecular formula is C24H17Cl3N2O5. The van der Waals surface area contributed by atoms with Gasteiger partial charge in [0.05, 0.1) is 34.6 Å². The molecule has 0 saturated carbocycles. The number of carbonyl (C=O) groups excluding carboxylic acids is 2. The van der Waals surface area contributed by atoms with E-state index in [9.17, 15) is 14.7 Å². The largest absolute Gasteiger partial charge is 0.504 e. The van der Waals surface area contributed by atoms with Crippen LogP contribution in [0.3, 0.4) is 0 Å². The predicted molar refractivity (Wildman–Crippen MR) is 129 cm³/mol. The fourth-order valence-electron chi connectivity index (χ4n) is 4.32. The molecule has 0 aliphatic carbocycles. The number of phenolic OH excluding ortho intramolecular Hbond substituents is 1. The molecule has 0 radical (unpaired) electrons. The SMILES string of the molecule is COc1cc([C@H]2[C@H]3C(=O)N(c4ccc(Cl)c(Cl)c4)C(=O)[C@@H]3ON2c2ccc(Cl)cc2)ccc1O. The van der Waals surface area contributed by atoms with E-state index < -0.39 is 29.9 Å². The van der Waals surface area contributed by atoms with Gasteiger partial charge in [0.2, 0.25) is 5.91 Å². The smallest absolute Gasteiger partial charge is 0.266 e. The number of aromatic hydroxyl groups is 1. The van der Waals surface area contributed by atoms with E-state index in [0.717, 1.165) is 4.90 Å². The van der Waals surface area contributed by atoms with E-state index in [1.54, 1.807) is 42.5 Å². The molecule has 0 spiro atoms. The van der Waals surface area contributed by atoms with Crippen molar-refractivity contribution in [2.75, 3.05) is 17.1 Å². The second-order valence-electron chi connectivity index (χ2n) is 7.84. The highest BCUT2D eigenvalue weighted by molar-refractivity contribution is 6.42. The van der Waals surface area contributed by atoms with Gasteiger partial charge < -0.3 is 9.84 Å². The van der Waals surface area contributed by atoms with Gasteiger partial charge >= 0.3 is 0 Å². The quantitative estimate of drug-likeness (QED) is 0.464.